The van der Waals surface area contributed by atoms with Gasteiger partial charge in [-0.15, -0.1) is 11.6 Å². The molecule has 1 aromatic carbocycles. The second-order valence-corrected chi connectivity index (χ2v) is 9.32. The Morgan fingerprint density at radius 1 is 1.19 bits per heavy atom. The van der Waals surface area contributed by atoms with Crippen molar-refractivity contribution in [1.29, 1.82) is 0 Å². The molecule has 1 N–H and O–H groups in total. The molecule has 1 aromatic rings. The average molecular weight is 333 g/mol. The van der Waals surface area contributed by atoms with E-state index in [9.17, 15) is 8.42 Å². The minimum absolute atomic E-state index is 0.0372. The van der Waals surface area contributed by atoms with Crippen LogP contribution in [0.2, 0.25) is 0 Å². The van der Waals surface area contributed by atoms with Crippen molar-refractivity contribution in [3.63, 3.8) is 0 Å². The fraction of sp³-hybridized carbons (Fsp3) is 0.600. The van der Waals surface area contributed by atoms with E-state index in [1.807, 2.05) is 0 Å². The molecule has 0 radical (unpaired) electrons. The van der Waals surface area contributed by atoms with Crippen molar-refractivity contribution in [3.8, 4) is 0 Å². The third kappa shape index (κ3) is 5.85. The second-order valence-electron chi connectivity index (χ2n) is 6.55. The molecular formula is C15H25ClN2O2S. The zero-order chi connectivity index (χ0) is 16.3. The molecule has 1 unspecified atom stereocenters. The fourth-order valence-electron chi connectivity index (χ4n) is 1.92. The third-order valence-corrected chi connectivity index (χ3v) is 5.13. The van der Waals surface area contributed by atoms with Crippen molar-refractivity contribution in [3.05, 3.63) is 24.3 Å². The molecule has 0 saturated carbocycles. The molecule has 0 spiro atoms. The Labute approximate surface area is 133 Å². The molecular weight excluding hydrogens is 308 g/mol. The fourth-order valence-corrected chi connectivity index (χ4v) is 3.36. The van der Waals surface area contributed by atoms with Gasteiger partial charge in [-0.05, 0) is 36.1 Å². The summed E-state index contributed by atoms with van der Waals surface area (Å²) in [7, 11) is -0.330. The Balaban J connectivity index is 2.64. The van der Waals surface area contributed by atoms with Crippen LogP contribution in [0.4, 0.5) is 5.69 Å². The summed E-state index contributed by atoms with van der Waals surface area (Å²) in [5, 5.41) is 3.27. The SMILES string of the molecule is CN(C)S(=O)(=O)c1ccc(NCC(Cl)CC(C)(C)C)cc1. The number of hydrogen-bond acceptors (Lipinski definition) is 3. The van der Waals surface area contributed by atoms with Gasteiger partial charge in [-0.3, -0.25) is 0 Å². The highest BCUT2D eigenvalue weighted by atomic mass is 35.5. The number of rotatable bonds is 6. The summed E-state index contributed by atoms with van der Waals surface area (Å²) in [4.78, 5) is 0.287. The number of alkyl halides is 1. The summed E-state index contributed by atoms with van der Waals surface area (Å²) in [6, 6.07) is 6.73. The maximum atomic E-state index is 12.0. The van der Waals surface area contributed by atoms with Gasteiger partial charge < -0.3 is 5.32 Å². The van der Waals surface area contributed by atoms with Crippen LogP contribution in [0.5, 0.6) is 0 Å². The zero-order valence-electron chi connectivity index (χ0n) is 13.4. The lowest BCUT2D eigenvalue weighted by Gasteiger charge is -2.22. The predicted molar refractivity (Wildman–Crippen MR) is 89.5 cm³/mol. The van der Waals surface area contributed by atoms with Gasteiger partial charge in [0.2, 0.25) is 10.0 Å². The van der Waals surface area contributed by atoms with E-state index in [1.165, 1.54) is 18.4 Å². The van der Waals surface area contributed by atoms with E-state index in [-0.39, 0.29) is 15.7 Å². The normalized spacial score (nSPS) is 14.2. The zero-order valence-corrected chi connectivity index (χ0v) is 14.9. The van der Waals surface area contributed by atoms with Crippen LogP contribution in [0.25, 0.3) is 0 Å². The number of benzene rings is 1. The second kappa shape index (κ2) is 6.99. The maximum Gasteiger partial charge on any atom is 0.242 e. The largest absolute Gasteiger partial charge is 0.384 e. The summed E-state index contributed by atoms with van der Waals surface area (Å²) in [5.41, 5.74) is 1.06. The highest BCUT2D eigenvalue weighted by molar-refractivity contribution is 7.89. The van der Waals surface area contributed by atoms with Gasteiger partial charge in [0, 0.05) is 26.3 Å². The van der Waals surface area contributed by atoms with Crippen molar-refractivity contribution in [1.82, 2.24) is 4.31 Å². The van der Waals surface area contributed by atoms with E-state index in [0.29, 0.717) is 6.54 Å². The first-order valence-corrected chi connectivity index (χ1v) is 8.80. The standard InChI is InChI=1S/C15H25ClN2O2S/c1-15(2,3)10-12(16)11-17-13-6-8-14(9-7-13)21(19,20)18(4)5/h6-9,12,17H,10-11H2,1-5H3. The molecule has 1 atom stereocenters. The molecule has 0 aliphatic heterocycles. The molecule has 1 rings (SSSR count). The van der Waals surface area contributed by atoms with Crippen molar-refractivity contribution in [2.75, 3.05) is 26.0 Å². The first-order chi connectivity index (χ1) is 9.52. The van der Waals surface area contributed by atoms with Crippen molar-refractivity contribution in [2.45, 2.75) is 37.5 Å². The van der Waals surface area contributed by atoms with Crippen molar-refractivity contribution in [2.24, 2.45) is 5.41 Å². The smallest absolute Gasteiger partial charge is 0.242 e. The summed E-state index contributed by atoms with van der Waals surface area (Å²) in [6.07, 6.45) is 0.911. The van der Waals surface area contributed by atoms with Crippen LogP contribution in [0.3, 0.4) is 0 Å². The molecule has 21 heavy (non-hydrogen) atoms. The van der Waals surface area contributed by atoms with E-state index in [1.54, 1.807) is 24.3 Å². The molecule has 0 aromatic heterocycles. The molecule has 0 saturated heterocycles. The lowest BCUT2D eigenvalue weighted by Crippen LogP contribution is -2.22. The number of nitrogens with zero attached hydrogens (tertiary/aromatic N) is 1. The van der Waals surface area contributed by atoms with Gasteiger partial charge in [-0.25, -0.2) is 12.7 Å². The van der Waals surface area contributed by atoms with Crippen LogP contribution < -0.4 is 5.32 Å². The van der Waals surface area contributed by atoms with Gasteiger partial charge in [0.15, 0.2) is 0 Å². The average Bonchev–Trinajstić information content (AvgIpc) is 2.34. The summed E-state index contributed by atoms with van der Waals surface area (Å²) < 4.78 is 25.1. The highest BCUT2D eigenvalue weighted by Crippen LogP contribution is 2.24. The Hall–Kier alpha value is -0.780. The van der Waals surface area contributed by atoms with Crippen LogP contribution in [-0.2, 0) is 10.0 Å². The summed E-state index contributed by atoms with van der Waals surface area (Å²) >= 11 is 6.30. The number of hydrogen-bond donors (Lipinski definition) is 1. The topological polar surface area (TPSA) is 49.4 Å². The molecule has 0 amide bonds. The number of halogens is 1. The minimum Gasteiger partial charge on any atom is -0.384 e. The number of sulfonamides is 1. The molecule has 4 nitrogen and oxygen atoms in total. The van der Waals surface area contributed by atoms with Crippen LogP contribution >= 0.6 is 11.6 Å². The Bertz CT molecular complexity index is 548. The van der Waals surface area contributed by atoms with Gasteiger partial charge in [0.1, 0.15) is 0 Å². The minimum atomic E-state index is -3.37. The lowest BCUT2D eigenvalue weighted by atomic mass is 9.90. The quantitative estimate of drug-likeness (QED) is 0.812. The predicted octanol–water partition coefficient (Wildman–Crippen LogP) is 3.39. The Kier molecular flexibility index (Phi) is 6.08. The number of anilines is 1. The molecule has 0 aliphatic rings. The lowest BCUT2D eigenvalue weighted by molar-refractivity contribution is 0.373. The molecule has 0 fully saturated rings. The Morgan fingerprint density at radius 3 is 2.14 bits per heavy atom. The van der Waals surface area contributed by atoms with Crippen molar-refractivity contribution < 1.29 is 8.42 Å². The maximum absolute atomic E-state index is 12.0. The summed E-state index contributed by atoms with van der Waals surface area (Å²) in [6.45, 7) is 7.12. The first kappa shape index (κ1) is 18.3. The molecule has 120 valence electrons. The number of nitrogens with one attached hydrogen (secondary N) is 1. The van der Waals surface area contributed by atoms with Gasteiger partial charge in [-0.1, -0.05) is 20.8 Å². The van der Waals surface area contributed by atoms with E-state index in [2.05, 4.69) is 26.1 Å². The van der Waals surface area contributed by atoms with Crippen LogP contribution in [0, 0.1) is 5.41 Å². The van der Waals surface area contributed by atoms with Crippen LogP contribution in [-0.4, -0.2) is 38.7 Å². The van der Waals surface area contributed by atoms with Gasteiger partial charge >= 0.3 is 0 Å². The third-order valence-electron chi connectivity index (χ3n) is 2.99. The monoisotopic (exact) mass is 332 g/mol. The van der Waals surface area contributed by atoms with E-state index in [0.717, 1.165) is 12.1 Å². The molecule has 0 aliphatic carbocycles. The van der Waals surface area contributed by atoms with Crippen molar-refractivity contribution >= 4 is 27.3 Å². The molecule has 0 heterocycles. The van der Waals surface area contributed by atoms with Crippen LogP contribution in [0.15, 0.2) is 29.2 Å². The molecule has 0 bridgehead atoms. The van der Waals surface area contributed by atoms with E-state index in [4.69, 9.17) is 11.6 Å². The van der Waals surface area contributed by atoms with E-state index >= 15 is 0 Å². The van der Waals surface area contributed by atoms with E-state index < -0.39 is 10.0 Å². The van der Waals surface area contributed by atoms with Crippen LogP contribution in [0.1, 0.15) is 27.2 Å². The van der Waals surface area contributed by atoms with Gasteiger partial charge in [-0.2, -0.15) is 0 Å². The van der Waals surface area contributed by atoms with Gasteiger partial charge in [0.25, 0.3) is 0 Å². The Morgan fingerprint density at radius 2 is 1.71 bits per heavy atom. The molecule has 6 heteroatoms. The first-order valence-electron chi connectivity index (χ1n) is 6.93. The summed E-state index contributed by atoms with van der Waals surface area (Å²) in [5.74, 6) is 0. The highest BCUT2D eigenvalue weighted by Gasteiger charge is 2.18. The van der Waals surface area contributed by atoms with Gasteiger partial charge in [0.05, 0.1) is 10.3 Å².